The molecule has 2 rings (SSSR count). The van der Waals surface area contributed by atoms with Crippen molar-refractivity contribution < 1.29 is 0 Å². The number of aryl methyl sites for hydroxylation is 1. The van der Waals surface area contributed by atoms with E-state index in [4.69, 9.17) is 0 Å². The quantitative estimate of drug-likeness (QED) is 0.845. The van der Waals surface area contributed by atoms with Crippen molar-refractivity contribution in [2.24, 2.45) is 7.05 Å². The highest BCUT2D eigenvalue weighted by molar-refractivity contribution is 9.11. The van der Waals surface area contributed by atoms with Crippen LogP contribution < -0.4 is 0 Å². The van der Waals surface area contributed by atoms with Gasteiger partial charge in [0.2, 0.25) is 5.16 Å². The molecular formula is C9H12BrN5S2. The molecule has 0 bridgehead atoms. The molecule has 0 aliphatic rings. The van der Waals surface area contributed by atoms with Gasteiger partial charge in [0.25, 0.3) is 0 Å². The summed E-state index contributed by atoms with van der Waals surface area (Å²) in [6.07, 6.45) is 0. The van der Waals surface area contributed by atoms with E-state index in [0.29, 0.717) is 0 Å². The number of hydrogen-bond donors (Lipinski definition) is 0. The van der Waals surface area contributed by atoms with Gasteiger partial charge in [-0.15, -0.1) is 5.10 Å². The molecule has 0 radical (unpaired) electrons. The van der Waals surface area contributed by atoms with Crippen LogP contribution in [0.25, 0.3) is 0 Å². The highest BCUT2D eigenvalue weighted by Gasteiger charge is 2.23. The number of aromatic nitrogens is 5. The highest BCUT2D eigenvalue weighted by Crippen LogP contribution is 2.39. The average Bonchev–Trinajstić information content (AvgIpc) is 2.74. The number of tetrazole rings is 1. The Labute approximate surface area is 116 Å². The maximum absolute atomic E-state index is 4.62. The fourth-order valence-electron chi connectivity index (χ4n) is 1.18. The van der Waals surface area contributed by atoms with E-state index < -0.39 is 0 Å². The van der Waals surface area contributed by atoms with Crippen LogP contribution in [-0.4, -0.2) is 25.2 Å². The first-order valence-corrected chi connectivity index (χ1v) is 7.37. The predicted molar refractivity (Wildman–Crippen MR) is 71.4 cm³/mol. The first-order valence-electron chi connectivity index (χ1n) is 4.95. The summed E-state index contributed by atoms with van der Waals surface area (Å²) in [6, 6.07) is 0. The largest absolute Gasteiger partial charge is 0.232 e. The zero-order chi connectivity index (χ0) is 12.6. The van der Waals surface area contributed by atoms with Crippen molar-refractivity contribution >= 4 is 39.0 Å². The van der Waals surface area contributed by atoms with Crippen LogP contribution in [0.15, 0.2) is 13.3 Å². The van der Waals surface area contributed by atoms with Crippen molar-refractivity contribution in [2.45, 2.75) is 35.7 Å². The third-order valence-corrected chi connectivity index (χ3v) is 4.83. The van der Waals surface area contributed by atoms with E-state index in [9.17, 15) is 0 Å². The highest BCUT2D eigenvalue weighted by atomic mass is 79.9. The first-order chi connectivity index (χ1) is 7.88. The van der Waals surface area contributed by atoms with E-state index >= 15 is 0 Å². The van der Waals surface area contributed by atoms with Gasteiger partial charge >= 0.3 is 0 Å². The van der Waals surface area contributed by atoms with E-state index in [1.807, 2.05) is 7.05 Å². The molecule has 0 fully saturated rings. The van der Waals surface area contributed by atoms with E-state index in [1.165, 1.54) is 11.8 Å². The summed E-state index contributed by atoms with van der Waals surface area (Å²) >= 11 is 6.64. The lowest BCUT2D eigenvalue weighted by atomic mass is 9.93. The first kappa shape index (κ1) is 13.0. The normalized spacial score (nSPS) is 12.1. The van der Waals surface area contributed by atoms with Gasteiger partial charge in [-0.2, -0.15) is 0 Å². The van der Waals surface area contributed by atoms with E-state index in [2.05, 4.69) is 57.2 Å². The lowest BCUT2D eigenvalue weighted by molar-refractivity contribution is 0.566. The van der Waals surface area contributed by atoms with E-state index in [1.54, 1.807) is 16.0 Å². The van der Waals surface area contributed by atoms with Crippen molar-refractivity contribution in [1.29, 1.82) is 0 Å². The zero-order valence-electron chi connectivity index (χ0n) is 9.93. The standard InChI is InChI=1S/C9H12BrN5S2/c1-9(2,3)5-6(10)16-8(11-5)17-7-12-13-14-15(7)4/h1-4H3. The van der Waals surface area contributed by atoms with Gasteiger partial charge < -0.3 is 0 Å². The zero-order valence-corrected chi connectivity index (χ0v) is 13.1. The summed E-state index contributed by atoms with van der Waals surface area (Å²) in [4.78, 5) is 4.62. The van der Waals surface area contributed by atoms with Crippen molar-refractivity contribution in [3.05, 3.63) is 9.48 Å². The number of nitrogens with zero attached hydrogens (tertiary/aromatic N) is 5. The summed E-state index contributed by atoms with van der Waals surface area (Å²) in [5.74, 6) is 0. The van der Waals surface area contributed by atoms with E-state index in [0.717, 1.165) is 19.0 Å². The van der Waals surface area contributed by atoms with E-state index in [-0.39, 0.29) is 5.41 Å². The van der Waals surface area contributed by atoms with Crippen LogP contribution in [0, 0.1) is 0 Å². The summed E-state index contributed by atoms with van der Waals surface area (Å²) in [7, 11) is 1.82. The lowest BCUT2D eigenvalue weighted by Crippen LogP contribution is -2.12. The molecule has 0 aliphatic carbocycles. The van der Waals surface area contributed by atoms with Gasteiger partial charge in [0.05, 0.1) is 9.48 Å². The maximum atomic E-state index is 4.62. The van der Waals surface area contributed by atoms with Crippen LogP contribution >= 0.6 is 39.0 Å². The van der Waals surface area contributed by atoms with Crippen molar-refractivity contribution in [3.63, 3.8) is 0 Å². The van der Waals surface area contributed by atoms with Gasteiger partial charge in [0.15, 0.2) is 4.34 Å². The number of halogens is 1. The van der Waals surface area contributed by atoms with Gasteiger partial charge in [-0.25, -0.2) is 9.67 Å². The maximum Gasteiger partial charge on any atom is 0.216 e. The molecule has 0 saturated heterocycles. The minimum Gasteiger partial charge on any atom is -0.232 e. The van der Waals surface area contributed by atoms with Crippen LogP contribution in [0.5, 0.6) is 0 Å². The van der Waals surface area contributed by atoms with Crippen LogP contribution in [0.4, 0.5) is 0 Å². The molecule has 0 aliphatic heterocycles. The summed E-state index contributed by atoms with van der Waals surface area (Å²) < 4.78 is 3.65. The van der Waals surface area contributed by atoms with Gasteiger partial charge in [0.1, 0.15) is 0 Å². The summed E-state index contributed by atoms with van der Waals surface area (Å²) in [6.45, 7) is 6.43. The molecule has 0 saturated carbocycles. The molecule has 0 aromatic carbocycles. The molecule has 0 atom stereocenters. The molecule has 8 heteroatoms. The smallest absolute Gasteiger partial charge is 0.216 e. The van der Waals surface area contributed by atoms with Crippen LogP contribution in [0.1, 0.15) is 26.5 Å². The third-order valence-electron chi connectivity index (χ3n) is 2.04. The molecule has 2 aromatic rings. The SMILES string of the molecule is Cn1nnnc1Sc1nc(C(C)(C)C)c(Br)s1. The van der Waals surface area contributed by atoms with Gasteiger partial charge in [-0.05, 0) is 38.1 Å². The molecule has 2 aromatic heterocycles. The molecule has 0 unspecified atom stereocenters. The molecule has 5 nitrogen and oxygen atoms in total. The number of rotatable bonds is 2. The number of thiazole rings is 1. The topological polar surface area (TPSA) is 56.5 Å². The Morgan fingerprint density at radius 1 is 1.35 bits per heavy atom. The fourth-order valence-corrected chi connectivity index (χ4v) is 4.56. The Bertz CT molecular complexity index is 528. The Kier molecular flexibility index (Phi) is 3.55. The third kappa shape index (κ3) is 2.86. The van der Waals surface area contributed by atoms with Crippen molar-refractivity contribution in [2.75, 3.05) is 0 Å². The lowest BCUT2D eigenvalue weighted by Gasteiger charge is -2.15. The second-order valence-electron chi connectivity index (χ2n) is 4.54. The molecule has 0 N–H and O–H groups in total. The fraction of sp³-hybridized carbons (Fsp3) is 0.556. The van der Waals surface area contributed by atoms with Gasteiger partial charge in [0, 0.05) is 12.5 Å². The minimum atomic E-state index is 0.0340. The van der Waals surface area contributed by atoms with Gasteiger partial charge in [-0.1, -0.05) is 32.1 Å². The second-order valence-corrected chi connectivity index (χ2v) is 8.07. The molecule has 0 spiro atoms. The second kappa shape index (κ2) is 4.66. The Hall–Kier alpha value is -0.470. The summed E-state index contributed by atoms with van der Waals surface area (Å²) in [5.41, 5.74) is 1.10. The molecule has 92 valence electrons. The molecular weight excluding hydrogens is 322 g/mol. The molecule has 0 amide bonds. The van der Waals surface area contributed by atoms with Crippen molar-refractivity contribution in [1.82, 2.24) is 25.2 Å². The summed E-state index contributed by atoms with van der Waals surface area (Å²) in [5, 5.41) is 12.1. The average molecular weight is 334 g/mol. The number of hydrogen-bond acceptors (Lipinski definition) is 6. The van der Waals surface area contributed by atoms with Crippen LogP contribution in [0.2, 0.25) is 0 Å². The minimum absolute atomic E-state index is 0.0340. The van der Waals surface area contributed by atoms with Gasteiger partial charge in [-0.3, -0.25) is 0 Å². The Balaban J connectivity index is 2.27. The predicted octanol–water partition coefficient (Wildman–Crippen LogP) is 2.88. The van der Waals surface area contributed by atoms with Crippen LogP contribution in [-0.2, 0) is 12.5 Å². The molecule has 2 heterocycles. The van der Waals surface area contributed by atoms with Crippen molar-refractivity contribution in [3.8, 4) is 0 Å². The Morgan fingerprint density at radius 2 is 2.06 bits per heavy atom. The molecule has 17 heavy (non-hydrogen) atoms. The monoisotopic (exact) mass is 333 g/mol. The Morgan fingerprint density at radius 3 is 2.53 bits per heavy atom. The van der Waals surface area contributed by atoms with Crippen LogP contribution in [0.3, 0.4) is 0 Å².